The maximum Gasteiger partial charge on any atom is 0.303 e. The molecule has 0 unspecified atom stereocenters. The lowest BCUT2D eigenvalue weighted by Crippen LogP contribution is -2.68. The summed E-state index contributed by atoms with van der Waals surface area (Å²) in [5.41, 5.74) is 1.77. The van der Waals surface area contributed by atoms with E-state index in [9.17, 15) is 14.4 Å². The van der Waals surface area contributed by atoms with E-state index in [4.69, 9.17) is 28.4 Å². The average Bonchev–Trinajstić information content (AvgIpc) is 2.84. The maximum atomic E-state index is 12.1. The number of hydrogen-bond donors (Lipinski definition) is 0. The van der Waals surface area contributed by atoms with E-state index in [1.807, 2.05) is 60.7 Å². The number of ether oxygens (including phenoxy) is 6. The molecular weight excluding hydrogens is 468 g/mol. The van der Waals surface area contributed by atoms with Crippen LogP contribution in [-0.4, -0.2) is 61.6 Å². The maximum absolute atomic E-state index is 12.1. The van der Waals surface area contributed by atoms with Crippen LogP contribution in [0.2, 0.25) is 0 Å². The Hall–Kier alpha value is -3.27. The van der Waals surface area contributed by atoms with Crippen LogP contribution in [0.5, 0.6) is 0 Å². The first kappa shape index (κ1) is 27.3. The van der Waals surface area contributed by atoms with Gasteiger partial charge in [0.05, 0.1) is 13.2 Å². The number of carbonyl (C=O) groups excluding carboxylic acids is 3. The van der Waals surface area contributed by atoms with Gasteiger partial charge in [-0.05, 0) is 11.1 Å². The fourth-order valence-electron chi connectivity index (χ4n) is 4.28. The molecule has 2 aromatic rings. The van der Waals surface area contributed by atoms with Gasteiger partial charge in [0.2, 0.25) is 0 Å². The first-order valence-electron chi connectivity index (χ1n) is 11.7. The molecule has 0 heterocycles. The van der Waals surface area contributed by atoms with Crippen LogP contribution in [0.1, 0.15) is 31.9 Å². The smallest absolute Gasteiger partial charge is 0.303 e. The number of benzene rings is 2. The standard InChI is InChI=1S/C27H32O9/c1-17(28)34-25-22(31-4)23(32-15-20-11-7-5-8-12-20)24(33-16-21-13-9-6-10-14-21)26(35-18(2)29)27(25)36-19(3)30/h5-14,22-27H,15-16H2,1-4H3/t22-,23-,24+,25+,26+,27-/m0/s1. The normalized spacial score (nSPS) is 25.6. The summed E-state index contributed by atoms with van der Waals surface area (Å²) in [6.45, 7) is 4.04. The van der Waals surface area contributed by atoms with Crippen LogP contribution >= 0.6 is 0 Å². The molecule has 9 nitrogen and oxygen atoms in total. The molecule has 1 aliphatic carbocycles. The summed E-state index contributed by atoms with van der Waals surface area (Å²) >= 11 is 0. The summed E-state index contributed by atoms with van der Waals surface area (Å²) in [7, 11) is 1.44. The molecule has 9 heteroatoms. The van der Waals surface area contributed by atoms with E-state index < -0.39 is 54.5 Å². The topological polar surface area (TPSA) is 107 Å². The summed E-state index contributed by atoms with van der Waals surface area (Å²) in [4.78, 5) is 36.2. The number of carbonyl (C=O) groups is 3. The zero-order valence-electron chi connectivity index (χ0n) is 20.8. The Labute approximate surface area is 210 Å². The van der Waals surface area contributed by atoms with Gasteiger partial charge in [-0.15, -0.1) is 0 Å². The quantitative estimate of drug-likeness (QED) is 0.359. The van der Waals surface area contributed by atoms with Crippen molar-refractivity contribution in [3.63, 3.8) is 0 Å². The number of hydrogen-bond acceptors (Lipinski definition) is 9. The molecule has 0 bridgehead atoms. The third-order valence-electron chi connectivity index (χ3n) is 5.69. The van der Waals surface area contributed by atoms with E-state index in [0.29, 0.717) is 0 Å². The number of methoxy groups -OCH3 is 1. The Kier molecular flexibility index (Phi) is 9.98. The van der Waals surface area contributed by atoms with Crippen molar-refractivity contribution < 1.29 is 42.8 Å². The van der Waals surface area contributed by atoms with E-state index in [1.54, 1.807) is 0 Å². The molecule has 1 saturated carbocycles. The molecular formula is C27H32O9. The van der Waals surface area contributed by atoms with Crippen molar-refractivity contribution in [2.24, 2.45) is 0 Å². The van der Waals surface area contributed by atoms with E-state index in [0.717, 1.165) is 11.1 Å². The lowest BCUT2D eigenvalue weighted by molar-refractivity contribution is -0.269. The predicted octanol–water partition coefficient (Wildman–Crippen LogP) is 2.98. The Morgan fingerprint density at radius 3 is 1.25 bits per heavy atom. The van der Waals surface area contributed by atoms with E-state index >= 15 is 0 Å². The molecule has 1 fully saturated rings. The summed E-state index contributed by atoms with van der Waals surface area (Å²) < 4.78 is 35.0. The Bertz CT molecular complexity index is 995. The minimum Gasteiger partial charge on any atom is -0.456 e. The molecule has 0 N–H and O–H groups in total. The van der Waals surface area contributed by atoms with E-state index in [2.05, 4.69) is 0 Å². The molecule has 0 radical (unpaired) electrons. The van der Waals surface area contributed by atoms with Gasteiger partial charge in [0.15, 0.2) is 18.3 Å². The molecule has 0 aromatic heterocycles. The molecule has 0 spiro atoms. The van der Waals surface area contributed by atoms with Gasteiger partial charge < -0.3 is 28.4 Å². The highest BCUT2D eigenvalue weighted by Gasteiger charge is 2.57. The minimum atomic E-state index is -1.18. The van der Waals surface area contributed by atoms with Crippen LogP contribution in [0.15, 0.2) is 60.7 Å². The van der Waals surface area contributed by atoms with Gasteiger partial charge >= 0.3 is 17.9 Å². The summed E-state index contributed by atoms with van der Waals surface area (Å²) in [6.07, 6.45) is -6.09. The second-order valence-corrected chi connectivity index (χ2v) is 8.44. The number of esters is 3. The van der Waals surface area contributed by atoms with Crippen molar-refractivity contribution in [2.45, 2.75) is 70.6 Å². The van der Waals surface area contributed by atoms with Crippen molar-refractivity contribution in [1.29, 1.82) is 0 Å². The van der Waals surface area contributed by atoms with E-state index in [-0.39, 0.29) is 13.2 Å². The molecule has 0 saturated heterocycles. The third-order valence-corrected chi connectivity index (χ3v) is 5.69. The fourth-order valence-corrected chi connectivity index (χ4v) is 4.28. The van der Waals surface area contributed by atoms with Gasteiger partial charge in [0, 0.05) is 27.9 Å². The second kappa shape index (κ2) is 13.2. The zero-order chi connectivity index (χ0) is 26.1. The van der Waals surface area contributed by atoms with Crippen molar-refractivity contribution >= 4 is 17.9 Å². The Balaban J connectivity index is 2.01. The van der Waals surface area contributed by atoms with E-state index in [1.165, 1.54) is 27.9 Å². The molecule has 3 rings (SSSR count). The highest BCUT2D eigenvalue weighted by molar-refractivity contribution is 5.68. The monoisotopic (exact) mass is 500 g/mol. The lowest BCUT2D eigenvalue weighted by atomic mass is 9.83. The van der Waals surface area contributed by atoms with Gasteiger partial charge in [-0.2, -0.15) is 0 Å². The van der Waals surface area contributed by atoms with Crippen molar-refractivity contribution in [3.8, 4) is 0 Å². The van der Waals surface area contributed by atoms with Gasteiger partial charge in [-0.1, -0.05) is 60.7 Å². The highest BCUT2D eigenvalue weighted by atomic mass is 16.6. The van der Waals surface area contributed by atoms with Crippen molar-refractivity contribution in [1.82, 2.24) is 0 Å². The number of rotatable bonds is 10. The first-order chi connectivity index (χ1) is 17.3. The SMILES string of the molecule is CO[C@H]1[C@H](OCc2ccccc2)[C@@H](OCc2ccccc2)[C@@H](OC(C)=O)[C@@H](OC(C)=O)[C@@H]1OC(C)=O. The zero-order valence-corrected chi connectivity index (χ0v) is 20.8. The van der Waals surface area contributed by atoms with Gasteiger partial charge in [-0.3, -0.25) is 14.4 Å². The third kappa shape index (κ3) is 7.36. The van der Waals surface area contributed by atoms with Gasteiger partial charge in [0.1, 0.15) is 18.3 Å². The summed E-state index contributed by atoms with van der Waals surface area (Å²) in [5.74, 6) is -1.88. The predicted molar refractivity (Wildman–Crippen MR) is 127 cm³/mol. The molecule has 0 amide bonds. The van der Waals surface area contributed by atoms with Crippen LogP contribution in [0.3, 0.4) is 0 Å². The van der Waals surface area contributed by atoms with Gasteiger partial charge in [0.25, 0.3) is 0 Å². The Morgan fingerprint density at radius 1 is 0.556 bits per heavy atom. The first-order valence-corrected chi connectivity index (χ1v) is 11.7. The fraction of sp³-hybridized carbons (Fsp3) is 0.444. The summed E-state index contributed by atoms with van der Waals surface area (Å²) in [5, 5.41) is 0. The average molecular weight is 501 g/mol. The van der Waals surface area contributed by atoms with Crippen LogP contribution in [0, 0.1) is 0 Å². The molecule has 0 aliphatic heterocycles. The Morgan fingerprint density at radius 2 is 0.889 bits per heavy atom. The molecule has 1 aliphatic rings. The lowest BCUT2D eigenvalue weighted by Gasteiger charge is -2.48. The van der Waals surface area contributed by atoms with Crippen molar-refractivity contribution in [3.05, 3.63) is 71.8 Å². The van der Waals surface area contributed by atoms with Crippen LogP contribution in [-0.2, 0) is 56.0 Å². The van der Waals surface area contributed by atoms with Crippen LogP contribution in [0.25, 0.3) is 0 Å². The molecule has 194 valence electrons. The summed E-state index contributed by atoms with van der Waals surface area (Å²) in [6, 6.07) is 18.9. The largest absolute Gasteiger partial charge is 0.456 e. The molecule has 2 aromatic carbocycles. The minimum absolute atomic E-state index is 0.163. The molecule has 36 heavy (non-hydrogen) atoms. The van der Waals surface area contributed by atoms with Crippen LogP contribution < -0.4 is 0 Å². The molecule has 6 atom stereocenters. The second-order valence-electron chi connectivity index (χ2n) is 8.44. The van der Waals surface area contributed by atoms with Crippen LogP contribution in [0.4, 0.5) is 0 Å². The highest BCUT2D eigenvalue weighted by Crippen LogP contribution is 2.34. The van der Waals surface area contributed by atoms with Gasteiger partial charge in [-0.25, -0.2) is 0 Å². The van der Waals surface area contributed by atoms with Crippen molar-refractivity contribution in [2.75, 3.05) is 7.11 Å².